The van der Waals surface area contributed by atoms with E-state index in [4.69, 9.17) is 13.3 Å². The lowest BCUT2D eigenvalue weighted by Crippen LogP contribution is -2.12. The van der Waals surface area contributed by atoms with E-state index in [2.05, 4.69) is 117 Å². The molecule has 0 saturated heterocycles. The highest BCUT2D eigenvalue weighted by molar-refractivity contribution is 6.30. The first kappa shape index (κ1) is 37.1. The van der Waals surface area contributed by atoms with Crippen LogP contribution in [0.15, 0.2) is 201 Å². The normalized spacial score (nSPS) is 12.3. The number of hydrogen-bond donors (Lipinski definition) is 0. The number of nitrogens with zero attached hydrogens (tertiary/aromatic N) is 5. The summed E-state index contributed by atoms with van der Waals surface area (Å²) in [6.07, 6.45) is 0. The molecule has 0 bridgehead atoms. The first-order valence-corrected chi connectivity index (χ1v) is 23.2. The van der Waals surface area contributed by atoms with Gasteiger partial charge in [-0.3, -0.25) is 0 Å². The van der Waals surface area contributed by atoms with Crippen molar-refractivity contribution in [2.24, 2.45) is 0 Å². The standard InChI is InChI=1S/C62H31N5O3/c63-32-34-31-48(65-42-19-7-1-13-35(42)55-45(65)25-28-52-58(55)38-16-4-10-22-49(38)68-52)41(33-64)62(67-44-21-9-3-15-37(44)57-47(67)27-30-54-60(57)40-18-6-12-24-51(40)70-54)61(34)66-43-20-8-2-14-36(43)56-46(66)26-29-53-59(56)39-17-5-11-23-50(39)69-53/h1-31H. The first-order valence-electron chi connectivity index (χ1n) is 23.2. The van der Waals surface area contributed by atoms with Gasteiger partial charge in [0.1, 0.15) is 51.2 Å². The lowest BCUT2D eigenvalue weighted by atomic mass is 10.0. The van der Waals surface area contributed by atoms with E-state index in [1.54, 1.807) is 0 Å². The SMILES string of the molecule is N#Cc1cc(-n2c3ccccc3c3c4c(ccc32)oc2ccccc24)c(C#N)c(-n2c3ccccc3c3c4c(ccc32)oc2ccccc24)c1-n1c2ccccc2c2c3c(ccc21)oc1ccccc13. The Bertz CT molecular complexity index is 5110. The van der Waals surface area contributed by atoms with Crippen LogP contribution < -0.4 is 0 Å². The van der Waals surface area contributed by atoms with E-state index in [9.17, 15) is 10.5 Å². The second kappa shape index (κ2) is 13.3. The van der Waals surface area contributed by atoms with Crippen LogP contribution in [0.1, 0.15) is 11.1 Å². The van der Waals surface area contributed by atoms with Crippen molar-refractivity contribution < 1.29 is 13.3 Å². The quantitative estimate of drug-likeness (QED) is 0.176. The van der Waals surface area contributed by atoms with Crippen LogP contribution in [0.2, 0.25) is 0 Å². The smallest absolute Gasteiger partial charge is 0.136 e. The Balaban J connectivity index is 1.14. The summed E-state index contributed by atoms with van der Waals surface area (Å²) in [5.41, 5.74) is 12.6. The molecule has 8 nitrogen and oxygen atoms in total. The average Bonchev–Trinajstić information content (AvgIpc) is 4.26. The summed E-state index contributed by atoms with van der Waals surface area (Å²) < 4.78 is 26.0. The maximum absolute atomic E-state index is 12.2. The minimum Gasteiger partial charge on any atom is -0.456 e. The van der Waals surface area contributed by atoms with E-state index in [1.165, 1.54) is 0 Å². The number of rotatable bonds is 3. The van der Waals surface area contributed by atoms with Crippen LogP contribution in [0.4, 0.5) is 0 Å². The monoisotopic (exact) mass is 893 g/mol. The van der Waals surface area contributed by atoms with Gasteiger partial charge in [-0.1, -0.05) is 109 Å². The minimum atomic E-state index is 0.394. The maximum Gasteiger partial charge on any atom is 0.136 e. The van der Waals surface area contributed by atoms with Gasteiger partial charge in [0, 0.05) is 64.6 Å². The number of hydrogen-bond acceptors (Lipinski definition) is 5. The van der Waals surface area contributed by atoms with Crippen LogP contribution in [0.3, 0.4) is 0 Å². The molecule has 0 saturated carbocycles. The van der Waals surface area contributed by atoms with Crippen LogP contribution in [-0.4, -0.2) is 13.7 Å². The molecule has 0 N–H and O–H groups in total. The fourth-order valence-electron chi connectivity index (χ4n) is 12.0. The molecule has 70 heavy (non-hydrogen) atoms. The molecule has 10 aromatic carbocycles. The Morgan fingerprint density at radius 3 is 1.07 bits per heavy atom. The fraction of sp³-hybridized carbons (Fsp3) is 0. The second-order valence-corrected chi connectivity index (χ2v) is 18.1. The number of furan rings is 3. The van der Waals surface area contributed by atoms with Crippen LogP contribution in [-0.2, 0) is 0 Å². The van der Waals surface area contributed by atoms with Gasteiger partial charge in [0.25, 0.3) is 0 Å². The maximum atomic E-state index is 12.2. The fourth-order valence-corrected chi connectivity index (χ4v) is 12.0. The number of aromatic nitrogens is 3. The van der Waals surface area contributed by atoms with E-state index >= 15 is 0 Å². The Morgan fingerprint density at radius 1 is 0.300 bits per heavy atom. The zero-order valence-corrected chi connectivity index (χ0v) is 36.9. The third-order valence-electron chi connectivity index (χ3n) is 14.7. The Labute approximate surface area is 395 Å². The van der Waals surface area contributed by atoms with Crippen LogP contribution in [0.5, 0.6) is 0 Å². The highest BCUT2D eigenvalue weighted by Crippen LogP contribution is 2.49. The van der Waals surface area contributed by atoms with Crippen molar-refractivity contribution in [3.63, 3.8) is 0 Å². The van der Waals surface area contributed by atoms with E-state index < -0.39 is 0 Å². The molecule has 0 spiro atoms. The predicted molar refractivity (Wildman–Crippen MR) is 281 cm³/mol. The Kier molecular flexibility index (Phi) is 7.06. The summed E-state index contributed by atoms with van der Waals surface area (Å²) in [5.74, 6) is 0. The zero-order valence-electron chi connectivity index (χ0n) is 36.9. The molecule has 322 valence electrons. The summed E-state index contributed by atoms with van der Waals surface area (Å²) in [7, 11) is 0. The van der Waals surface area contributed by atoms with E-state index in [0.29, 0.717) is 28.2 Å². The summed E-state index contributed by atoms with van der Waals surface area (Å²) >= 11 is 0. The molecule has 0 aliphatic carbocycles. The van der Waals surface area contributed by atoms with Gasteiger partial charge in [-0.15, -0.1) is 0 Å². The molecule has 0 aliphatic rings. The van der Waals surface area contributed by atoms with Gasteiger partial charge >= 0.3 is 0 Å². The van der Waals surface area contributed by atoms with Crippen molar-refractivity contribution in [3.05, 3.63) is 199 Å². The van der Waals surface area contributed by atoms with Crippen LogP contribution in [0, 0.1) is 22.7 Å². The highest BCUT2D eigenvalue weighted by Gasteiger charge is 2.31. The van der Waals surface area contributed by atoms with E-state index in [1.807, 2.05) is 97.1 Å². The molecule has 6 aromatic heterocycles. The molecule has 0 amide bonds. The zero-order chi connectivity index (χ0) is 45.9. The van der Waals surface area contributed by atoms with Crippen molar-refractivity contribution in [1.82, 2.24) is 13.7 Å². The molecule has 0 fully saturated rings. The van der Waals surface area contributed by atoms with Crippen molar-refractivity contribution in [3.8, 4) is 29.2 Å². The van der Waals surface area contributed by atoms with Crippen molar-refractivity contribution in [2.75, 3.05) is 0 Å². The molecule has 8 heteroatoms. The Hall–Kier alpha value is -10.0. The molecule has 16 rings (SSSR count). The molecule has 0 unspecified atom stereocenters. The molecule has 16 aromatic rings. The van der Waals surface area contributed by atoms with Gasteiger partial charge in [0.15, 0.2) is 0 Å². The van der Waals surface area contributed by atoms with Crippen LogP contribution >= 0.6 is 0 Å². The number of para-hydroxylation sites is 6. The topological polar surface area (TPSA) is 102 Å². The third-order valence-corrected chi connectivity index (χ3v) is 14.7. The van der Waals surface area contributed by atoms with Crippen molar-refractivity contribution >= 4 is 131 Å². The van der Waals surface area contributed by atoms with Crippen molar-refractivity contribution in [2.45, 2.75) is 0 Å². The molecule has 0 aliphatic heterocycles. The van der Waals surface area contributed by atoms with Gasteiger partial charge in [0.05, 0.1) is 55.7 Å². The second-order valence-electron chi connectivity index (χ2n) is 18.1. The van der Waals surface area contributed by atoms with Gasteiger partial charge in [-0.2, -0.15) is 10.5 Å². The molecule has 0 radical (unpaired) electrons. The van der Waals surface area contributed by atoms with Gasteiger partial charge in [-0.05, 0) is 78.9 Å². The first-order chi connectivity index (χ1) is 34.7. The summed E-state index contributed by atoms with van der Waals surface area (Å²) in [6, 6.07) is 69.2. The Morgan fingerprint density at radius 2 is 0.657 bits per heavy atom. The number of nitriles is 2. The largest absolute Gasteiger partial charge is 0.456 e. The van der Waals surface area contributed by atoms with E-state index in [-0.39, 0.29) is 0 Å². The third kappa shape index (κ3) is 4.57. The minimum absolute atomic E-state index is 0.394. The van der Waals surface area contributed by atoms with Crippen molar-refractivity contribution in [1.29, 1.82) is 10.5 Å². The van der Waals surface area contributed by atoms with Crippen LogP contribution in [0.25, 0.3) is 148 Å². The molecular formula is C62H31N5O3. The lowest BCUT2D eigenvalue weighted by Gasteiger charge is -2.22. The van der Waals surface area contributed by atoms with Gasteiger partial charge < -0.3 is 27.0 Å². The van der Waals surface area contributed by atoms with Gasteiger partial charge in [0.2, 0.25) is 0 Å². The number of benzene rings is 10. The summed E-state index contributed by atoms with van der Waals surface area (Å²) in [6.45, 7) is 0. The molecule has 6 heterocycles. The summed E-state index contributed by atoms with van der Waals surface area (Å²) in [4.78, 5) is 0. The lowest BCUT2D eigenvalue weighted by molar-refractivity contribution is 0.669. The highest BCUT2D eigenvalue weighted by atomic mass is 16.3. The number of fused-ring (bicyclic) bond motifs is 21. The predicted octanol–water partition coefficient (Wildman–Crippen LogP) is 16.4. The average molecular weight is 894 g/mol. The molecular weight excluding hydrogens is 863 g/mol. The van der Waals surface area contributed by atoms with E-state index in [0.717, 1.165) is 131 Å². The summed E-state index contributed by atoms with van der Waals surface area (Å²) in [5, 5.41) is 36.0. The van der Waals surface area contributed by atoms with Gasteiger partial charge in [-0.25, -0.2) is 0 Å². The molecule has 0 atom stereocenters.